The van der Waals surface area contributed by atoms with Crippen LogP contribution >= 0.6 is 0 Å². The Hall–Kier alpha value is -1.54. The predicted octanol–water partition coefficient (Wildman–Crippen LogP) is 1.57. The number of benzene rings is 1. The fourth-order valence-electron chi connectivity index (χ4n) is 1.25. The van der Waals surface area contributed by atoms with E-state index in [1.165, 1.54) is 20.8 Å². The first-order chi connectivity index (χ1) is 8.42. The summed E-state index contributed by atoms with van der Waals surface area (Å²) in [7, 11) is -4.48. The van der Waals surface area contributed by atoms with Gasteiger partial charge in [0.1, 0.15) is 16.3 Å². The summed E-state index contributed by atoms with van der Waals surface area (Å²) in [5.41, 5.74) is -1.75. The number of ether oxygens (including phenoxy) is 1. The molecule has 8 heteroatoms. The highest BCUT2D eigenvalue weighted by molar-refractivity contribution is 7.89. The smallest absolute Gasteiger partial charge is 0.341 e. The fraction of sp³-hybridized carbons (Fsp3) is 0.364. The van der Waals surface area contributed by atoms with Crippen molar-refractivity contribution in [3.05, 3.63) is 29.3 Å². The van der Waals surface area contributed by atoms with E-state index in [4.69, 9.17) is 9.88 Å². The Morgan fingerprint density at radius 2 is 1.79 bits per heavy atom. The Bertz CT molecular complexity index is 620. The predicted molar refractivity (Wildman–Crippen MR) is 62.9 cm³/mol. The van der Waals surface area contributed by atoms with Crippen LogP contribution in [-0.4, -0.2) is 20.0 Å². The summed E-state index contributed by atoms with van der Waals surface area (Å²) in [5.74, 6) is -3.71. The van der Waals surface area contributed by atoms with Crippen molar-refractivity contribution >= 4 is 16.0 Å². The molecule has 0 amide bonds. The van der Waals surface area contributed by atoms with E-state index in [2.05, 4.69) is 0 Å². The molecule has 0 heterocycles. The maximum absolute atomic E-state index is 13.8. The molecule has 0 saturated heterocycles. The monoisotopic (exact) mass is 293 g/mol. The van der Waals surface area contributed by atoms with E-state index in [9.17, 15) is 22.0 Å². The summed E-state index contributed by atoms with van der Waals surface area (Å²) >= 11 is 0. The quantitative estimate of drug-likeness (QED) is 0.838. The van der Waals surface area contributed by atoms with Crippen LogP contribution in [-0.2, 0) is 14.8 Å². The minimum Gasteiger partial charge on any atom is -0.456 e. The van der Waals surface area contributed by atoms with Gasteiger partial charge in [0.15, 0.2) is 5.82 Å². The molecule has 19 heavy (non-hydrogen) atoms. The number of hydrogen-bond donors (Lipinski definition) is 1. The Balaban J connectivity index is 3.38. The highest BCUT2D eigenvalue weighted by Gasteiger charge is 2.26. The Kier molecular flexibility index (Phi) is 3.97. The first-order valence-corrected chi connectivity index (χ1v) is 6.71. The average Bonchev–Trinajstić information content (AvgIpc) is 2.16. The number of esters is 1. The van der Waals surface area contributed by atoms with E-state index < -0.39 is 43.7 Å². The van der Waals surface area contributed by atoms with E-state index >= 15 is 0 Å². The van der Waals surface area contributed by atoms with Crippen LogP contribution in [0.2, 0.25) is 0 Å². The van der Waals surface area contributed by atoms with E-state index in [-0.39, 0.29) is 0 Å². The zero-order valence-electron chi connectivity index (χ0n) is 10.5. The third-order valence-corrected chi connectivity index (χ3v) is 2.84. The Morgan fingerprint density at radius 3 is 2.21 bits per heavy atom. The molecule has 1 rings (SSSR count). The van der Waals surface area contributed by atoms with Gasteiger partial charge in [0.05, 0.1) is 5.56 Å². The summed E-state index contributed by atoms with van der Waals surface area (Å²) in [6.07, 6.45) is 0. The lowest BCUT2D eigenvalue weighted by atomic mass is 10.1. The summed E-state index contributed by atoms with van der Waals surface area (Å²) in [6, 6.07) is 0.955. The molecule has 0 bridgehead atoms. The van der Waals surface area contributed by atoms with Gasteiger partial charge in [-0.15, -0.1) is 0 Å². The summed E-state index contributed by atoms with van der Waals surface area (Å²) < 4.78 is 54.1. The van der Waals surface area contributed by atoms with Crippen molar-refractivity contribution < 1.29 is 26.7 Å². The molecule has 0 spiro atoms. The largest absolute Gasteiger partial charge is 0.456 e. The highest BCUT2D eigenvalue weighted by Crippen LogP contribution is 2.21. The second-order valence-corrected chi connectivity index (χ2v) is 6.34. The highest BCUT2D eigenvalue weighted by atomic mass is 32.2. The van der Waals surface area contributed by atoms with Gasteiger partial charge in [-0.3, -0.25) is 0 Å². The van der Waals surface area contributed by atoms with E-state index in [1.54, 1.807) is 0 Å². The molecule has 0 atom stereocenters. The molecular weight excluding hydrogens is 280 g/mol. The number of rotatable bonds is 2. The number of halogens is 2. The lowest BCUT2D eigenvalue weighted by Gasteiger charge is -2.19. The summed E-state index contributed by atoms with van der Waals surface area (Å²) in [6.45, 7) is 4.59. The van der Waals surface area contributed by atoms with Gasteiger partial charge in [-0.05, 0) is 32.9 Å². The van der Waals surface area contributed by atoms with Crippen LogP contribution in [0.1, 0.15) is 31.1 Å². The topological polar surface area (TPSA) is 86.5 Å². The molecule has 0 aliphatic carbocycles. The molecule has 5 nitrogen and oxygen atoms in total. The average molecular weight is 293 g/mol. The number of hydrogen-bond acceptors (Lipinski definition) is 4. The number of carbonyl (C=O) groups is 1. The molecule has 0 radical (unpaired) electrons. The Labute approximate surface area is 109 Å². The second-order valence-electron chi connectivity index (χ2n) is 4.81. The molecule has 0 fully saturated rings. The number of carbonyl (C=O) groups excluding carboxylic acids is 1. The second kappa shape index (κ2) is 4.86. The molecule has 0 aliphatic heterocycles. The maximum Gasteiger partial charge on any atom is 0.341 e. The molecule has 1 aromatic carbocycles. The third kappa shape index (κ3) is 3.97. The number of primary sulfonamides is 1. The molecule has 0 saturated carbocycles. The minimum absolute atomic E-state index is 0.401. The van der Waals surface area contributed by atoms with E-state index in [0.29, 0.717) is 12.1 Å². The van der Waals surface area contributed by atoms with E-state index in [1.807, 2.05) is 0 Å². The molecule has 1 aromatic rings. The molecule has 0 aromatic heterocycles. The molecule has 106 valence electrons. The maximum atomic E-state index is 13.8. The van der Waals surface area contributed by atoms with Crippen LogP contribution in [0.5, 0.6) is 0 Å². The van der Waals surface area contributed by atoms with Gasteiger partial charge in [-0.2, -0.15) is 0 Å². The summed E-state index contributed by atoms with van der Waals surface area (Å²) in [5, 5.41) is 4.74. The van der Waals surface area contributed by atoms with Gasteiger partial charge >= 0.3 is 5.97 Å². The van der Waals surface area contributed by atoms with Crippen molar-refractivity contribution in [3.8, 4) is 0 Å². The first-order valence-electron chi connectivity index (χ1n) is 5.17. The van der Waals surface area contributed by atoms with Crippen molar-refractivity contribution in [2.45, 2.75) is 31.3 Å². The van der Waals surface area contributed by atoms with Gasteiger partial charge < -0.3 is 4.74 Å². The molecule has 2 N–H and O–H groups in total. The van der Waals surface area contributed by atoms with Crippen LogP contribution in [0.25, 0.3) is 0 Å². The Morgan fingerprint density at radius 1 is 1.26 bits per heavy atom. The zero-order valence-corrected chi connectivity index (χ0v) is 11.3. The van der Waals surface area contributed by atoms with Crippen molar-refractivity contribution in [2.24, 2.45) is 5.14 Å². The molecular formula is C11H13F2NO4S. The lowest BCUT2D eigenvalue weighted by Crippen LogP contribution is -2.25. The van der Waals surface area contributed by atoms with Gasteiger partial charge in [-0.25, -0.2) is 27.1 Å². The minimum atomic E-state index is -4.48. The van der Waals surface area contributed by atoms with Crippen LogP contribution < -0.4 is 5.14 Å². The molecule has 0 aliphatic rings. The van der Waals surface area contributed by atoms with Gasteiger partial charge in [-0.1, -0.05) is 0 Å². The fourth-order valence-corrected chi connectivity index (χ4v) is 1.89. The lowest BCUT2D eigenvalue weighted by molar-refractivity contribution is 0.00635. The van der Waals surface area contributed by atoms with Crippen LogP contribution in [0.15, 0.2) is 17.0 Å². The number of sulfonamides is 1. The molecule has 0 unspecified atom stereocenters. The van der Waals surface area contributed by atoms with Gasteiger partial charge in [0.2, 0.25) is 10.0 Å². The third-order valence-electron chi connectivity index (χ3n) is 1.93. The zero-order chi connectivity index (χ0) is 15.0. The van der Waals surface area contributed by atoms with Gasteiger partial charge in [0.25, 0.3) is 0 Å². The normalized spacial score (nSPS) is 12.3. The van der Waals surface area contributed by atoms with Crippen molar-refractivity contribution in [1.29, 1.82) is 0 Å². The SMILES string of the molecule is CC(C)(C)OC(=O)c1cc(F)cc(S(N)(=O)=O)c1F. The van der Waals surface area contributed by atoms with Crippen LogP contribution in [0.4, 0.5) is 8.78 Å². The van der Waals surface area contributed by atoms with Crippen LogP contribution in [0.3, 0.4) is 0 Å². The van der Waals surface area contributed by atoms with Crippen molar-refractivity contribution in [3.63, 3.8) is 0 Å². The van der Waals surface area contributed by atoms with Crippen LogP contribution in [0, 0.1) is 11.6 Å². The first kappa shape index (κ1) is 15.5. The number of nitrogens with two attached hydrogens (primary N) is 1. The van der Waals surface area contributed by atoms with Crippen molar-refractivity contribution in [2.75, 3.05) is 0 Å². The standard InChI is InChI=1S/C11H13F2NO4S/c1-11(2,3)18-10(15)7-4-6(12)5-8(9(7)13)19(14,16)17/h4-5H,1-3H3,(H2,14,16,17). The van der Waals surface area contributed by atoms with Gasteiger partial charge in [0, 0.05) is 0 Å². The summed E-state index contributed by atoms with van der Waals surface area (Å²) in [4.78, 5) is 10.6. The van der Waals surface area contributed by atoms with E-state index in [0.717, 1.165) is 0 Å². The van der Waals surface area contributed by atoms with Crippen molar-refractivity contribution in [1.82, 2.24) is 0 Å².